The molecule has 1 saturated heterocycles. The van der Waals surface area contributed by atoms with E-state index in [1.165, 1.54) is 8.61 Å². The average Bonchev–Trinajstić information content (AvgIpc) is 2.34. The molecule has 1 rings (SSSR count). The van der Waals surface area contributed by atoms with Gasteiger partial charge in [-0.15, -0.1) is 6.58 Å². The van der Waals surface area contributed by atoms with Gasteiger partial charge in [-0.3, -0.25) is 0 Å². The zero-order chi connectivity index (χ0) is 14.7. The number of hydrogen-bond donors (Lipinski definition) is 1. The van der Waals surface area contributed by atoms with Crippen LogP contribution in [0.3, 0.4) is 0 Å². The number of aliphatic hydroxyl groups is 1. The number of piperidine rings is 1. The predicted octanol–water partition coefficient (Wildman–Crippen LogP) is 1.36. The Labute approximate surface area is 117 Å². The van der Waals surface area contributed by atoms with Crippen LogP contribution in [0.2, 0.25) is 0 Å². The van der Waals surface area contributed by atoms with Crippen molar-refractivity contribution in [1.82, 2.24) is 8.61 Å². The molecule has 1 fully saturated rings. The smallest absolute Gasteiger partial charge is 0.283 e. The second-order valence-electron chi connectivity index (χ2n) is 5.94. The molecule has 0 aromatic rings. The van der Waals surface area contributed by atoms with Gasteiger partial charge in [0.15, 0.2) is 0 Å². The van der Waals surface area contributed by atoms with Crippen LogP contribution in [0.15, 0.2) is 12.7 Å². The van der Waals surface area contributed by atoms with Crippen LogP contribution in [-0.4, -0.2) is 53.4 Å². The quantitative estimate of drug-likeness (QED) is 0.778. The number of nitrogens with zero attached hydrogens (tertiary/aromatic N) is 2. The average molecular weight is 290 g/mol. The van der Waals surface area contributed by atoms with Crippen molar-refractivity contribution in [3.05, 3.63) is 12.7 Å². The lowest BCUT2D eigenvalue weighted by Gasteiger charge is -2.41. The lowest BCUT2D eigenvalue weighted by molar-refractivity contribution is 0.140. The Morgan fingerprint density at radius 3 is 2.53 bits per heavy atom. The van der Waals surface area contributed by atoms with Gasteiger partial charge in [-0.25, -0.2) is 0 Å². The summed E-state index contributed by atoms with van der Waals surface area (Å²) in [5.41, 5.74) is -0.509. The summed E-state index contributed by atoms with van der Waals surface area (Å²) in [5.74, 6) is 0. The van der Waals surface area contributed by atoms with Crippen LogP contribution in [-0.2, 0) is 10.2 Å². The first-order valence-electron chi connectivity index (χ1n) is 6.76. The van der Waals surface area contributed by atoms with Crippen molar-refractivity contribution in [3.63, 3.8) is 0 Å². The molecular formula is C13H26N2O3S. The number of rotatable bonds is 5. The third kappa shape index (κ3) is 3.78. The van der Waals surface area contributed by atoms with Crippen molar-refractivity contribution >= 4 is 10.2 Å². The number of hydrogen-bond acceptors (Lipinski definition) is 3. The molecule has 0 aromatic carbocycles. The fraction of sp³-hybridized carbons (Fsp3) is 0.846. The minimum atomic E-state index is -3.57. The van der Waals surface area contributed by atoms with E-state index in [4.69, 9.17) is 0 Å². The van der Waals surface area contributed by atoms with Crippen LogP contribution >= 0.6 is 0 Å². The maximum Gasteiger partial charge on any atom is 0.283 e. The highest BCUT2D eigenvalue weighted by molar-refractivity contribution is 7.86. The molecule has 1 N–H and O–H groups in total. The standard InChI is InChI=1S/C13H26N2O3S/c1-5-9-15(13(2,3)4)19(17,18)14-10-7-6-8-12(14)11-16/h5,12,16H,1,6-11H2,2-4H3. The molecule has 6 heteroatoms. The van der Waals surface area contributed by atoms with Crippen LogP contribution in [0.4, 0.5) is 0 Å². The summed E-state index contributed by atoms with van der Waals surface area (Å²) in [6.45, 7) is 9.88. The lowest BCUT2D eigenvalue weighted by Crippen LogP contribution is -2.56. The summed E-state index contributed by atoms with van der Waals surface area (Å²) in [6.07, 6.45) is 4.14. The van der Waals surface area contributed by atoms with Crippen molar-refractivity contribution in [2.75, 3.05) is 19.7 Å². The van der Waals surface area contributed by atoms with Crippen molar-refractivity contribution < 1.29 is 13.5 Å². The molecule has 0 aliphatic carbocycles. The van der Waals surface area contributed by atoms with E-state index in [0.29, 0.717) is 6.54 Å². The van der Waals surface area contributed by atoms with Gasteiger partial charge in [0.25, 0.3) is 10.2 Å². The molecule has 0 saturated carbocycles. The van der Waals surface area contributed by atoms with E-state index < -0.39 is 15.7 Å². The Hall–Kier alpha value is -0.430. The van der Waals surface area contributed by atoms with Crippen LogP contribution in [0.25, 0.3) is 0 Å². The second-order valence-corrected chi connectivity index (χ2v) is 7.75. The minimum Gasteiger partial charge on any atom is -0.395 e. The van der Waals surface area contributed by atoms with Gasteiger partial charge < -0.3 is 5.11 Å². The first-order valence-corrected chi connectivity index (χ1v) is 8.16. The van der Waals surface area contributed by atoms with E-state index in [0.717, 1.165) is 19.3 Å². The SMILES string of the molecule is C=CCN(C(C)(C)C)S(=O)(=O)N1CCCCC1CO. The Balaban J connectivity index is 3.08. The molecule has 1 atom stereocenters. The molecule has 1 unspecified atom stereocenters. The van der Waals surface area contributed by atoms with Gasteiger partial charge in [0, 0.05) is 24.7 Å². The van der Waals surface area contributed by atoms with Crippen LogP contribution < -0.4 is 0 Å². The molecule has 112 valence electrons. The van der Waals surface area contributed by atoms with E-state index in [-0.39, 0.29) is 19.2 Å². The summed E-state index contributed by atoms with van der Waals surface area (Å²) in [6, 6.07) is -0.298. The third-order valence-corrected chi connectivity index (χ3v) is 5.73. The molecule has 0 spiro atoms. The van der Waals surface area contributed by atoms with E-state index in [9.17, 15) is 13.5 Å². The summed E-state index contributed by atoms with van der Waals surface area (Å²) < 4.78 is 28.5. The monoisotopic (exact) mass is 290 g/mol. The lowest BCUT2D eigenvalue weighted by atomic mass is 10.1. The number of aliphatic hydroxyl groups excluding tert-OH is 1. The van der Waals surface area contributed by atoms with Crippen LogP contribution in [0, 0.1) is 0 Å². The molecule has 5 nitrogen and oxygen atoms in total. The highest BCUT2D eigenvalue weighted by atomic mass is 32.2. The highest BCUT2D eigenvalue weighted by Gasteiger charge is 2.40. The molecule has 0 aromatic heterocycles. The van der Waals surface area contributed by atoms with Crippen molar-refractivity contribution in [2.45, 2.75) is 51.6 Å². The fourth-order valence-electron chi connectivity index (χ4n) is 2.42. The topological polar surface area (TPSA) is 60.9 Å². The zero-order valence-electron chi connectivity index (χ0n) is 12.2. The summed E-state index contributed by atoms with van der Waals surface area (Å²) in [5, 5.41) is 9.39. The largest absolute Gasteiger partial charge is 0.395 e. The van der Waals surface area contributed by atoms with Crippen molar-refractivity contribution in [1.29, 1.82) is 0 Å². The Bertz CT molecular complexity index is 401. The normalized spacial score (nSPS) is 22.7. The summed E-state index contributed by atoms with van der Waals surface area (Å²) in [4.78, 5) is 0. The summed E-state index contributed by atoms with van der Waals surface area (Å²) in [7, 11) is -3.57. The molecule has 0 radical (unpaired) electrons. The minimum absolute atomic E-state index is 0.120. The molecule has 1 aliphatic heterocycles. The maximum absolute atomic E-state index is 12.8. The van der Waals surface area contributed by atoms with Gasteiger partial charge in [-0.1, -0.05) is 12.5 Å². The van der Waals surface area contributed by atoms with Crippen molar-refractivity contribution in [2.24, 2.45) is 0 Å². The Kier molecular flexibility index (Phi) is 5.55. The molecule has 0 amide bonds. The Morgan fingerprint density at radius 1 is 1.42 bits per heavy atom. The summed E-state index contributed by atoms with van der Waals surface area (Å²) >= 11 is 0. The van der Waals surface area contributed by atoms with E-state index in [1.807, 2.05) is 20.8 Å². The molecule has 19 heavy (non-hydrogen) atoms. The van der Waals surface area contributed by atoms with Gasteiger partial charge in [0.2, 0.25) is 0 Å². The van der Waals surface area contributed by atoms with Gasteiger partial charge in [0.05, 0.1) is 6.61 Å². The predicted molar refractivity (Wildman–Crippen MR) is 77.0 cm³/mol. The third-order valence-electron chi connectivity index (χ3n) is 3.40. The van der Waals surface area contributed by atoms with Gasteiger partial charge in [-0.2, -0.15) is 17.0 Å². The zero-order valence-corrected chi connectivity index (χ0v) is 13.0. The second kappa shape index (κ2) is 6.35. The molecule has 0 bridgehead atoms. The van der Waals surface area contributed by atoms with E-state index in [1.54, 1.807) is 6.08 Å². The molecular weight excluding hydrogens is 264 g/mol. The molecule has 1 heterocycles. The van der Waals surface area contributed by atoms with Gasteiger partial charge >= 0.3 is 0 Å². The van der Waals surface area contributed by atoms with Crippen LogP contribution in [0.5, 0.6) is 0 Å². The van der Waals surface area contributed by atoms with E-state index >= 15 is 0 Å². The van der Waals surface area contributed by atoms with Gasteiger partial charge in [-0.05, 0) is 33.6 Å². The fourth-order valence-corrected chi connectivity index (χ4v) is 4.57. The van der Waals surface area contributed by atoms with Crippen molar-refractivity contribution in [3.8, 4) is 0 Å². The highest BCUT2D eigenvalue weighted by Crippen LogP contribution is 2.26. The van der Waals surface area contributed by atoms with Crippen LogP contribution in [0.1, 0.15) is 40.0 Å². The first kappa shape index (κ1) is 16.6. The molecule has 1 aliphatic rings. The van der Waals surface area contributed by atoms with Gasteiger partial charge in [0.1, 0.15) is 0 Å². The Morgan fingerprint density at radius 2 is 2.05 bits per heavy atom. The maximum atomic E-state index is 12.8. The first-order chi connectivity index (χ1) is 8.75. The van der Waals surface area contributed by atoms with E-state index in [2.05, 4.69) is 6.58 Å².